The maximum absolute atomic E-state index is 12.3. The molecule has 0 radical (unpaired) electrons. The molecule has 0 aliphatic heterocycles. The van der Waals surface area contributed by atoms with Gasteiger partial charge in [0.2, 0.25) is 5.78 Å². The minimum absolute atomic E-state index is 0.162. The summed E-state index contributed by atoms with van der Waals surface area (Å²) in [5.74, 6) is -0.649. The molecule has 180 valence electrons. The van der Waals surface area contributed by atoms with E-state index in [4.69, 9.17) is 14.2 Å². The lowest BCUT2D eigenvalue weighted by molar-refractivity contribution is -0.160. The number of hydrogen-bond acceptors (Lipinski definition) is 6. The Kier molecular flexibility index (Phi) is 12.6. The number of amides is 1. The van der Waals surface area contributed by atoms with E-state index in [0.29, 0.717) is 12.8 Å². The number of benzene rings is 1. The van der Waals surface area contributed by atoms with Gasteiger partial charge in [-0.25, -0.2) is 4.79 Å². The van der Waals surface area contributed by atoms with E-state index in [1.54, 1.807) is 27.9 Å². The monoisotopic (exact) mass is 449 g/mol. The Balaban J connectivity index is 2.37. The molecule has 1 atom stereocenters. The summed E-state index contributed by atoms with van der Waals surface area (Å²) in [6.07, 6.45) is 5.05. The molecule has 0 unspecified atom stereocenters. The molecule has 0 aromatic heterocycles. The quantitative estimate of drug-likeness (QED) is 0.247. The number of ketones is 1. The maximum Gasteiger partial charge on any atom is 0.332 e. The molecule has 0 aliphatic carbocycles. The van der Waals surface area contributed by atoms with E-state index < -0.39 is 23.3 Å². The zero-order valence-corrected chi connectivity index (χ0v) is 20.2. The highest BCUT2D eigenvalue weighted by atomic mass is 16.6. The van der Waals surface area contributed by atoms with Gasteiger partial charge in [-0.2, -0.15) is 0 Å². The average molecular weight is 450 g/mol. The molecular weight excluding hydrogens is 410 g/mol. The van der Waals surface area contributed by atoms with Crippen LogP contribution in [0.25, 0.3) is 0 Å². The van der Waals surface area contributed by atoms with Crippen molar-refractivity contribution >= 4 is 17.7 Å². The number of hydrogen-bond donors (Lipinski definition) is 1. The average Bonchev–Trinajstić information content (AvgIpc) is 2.73. The van der Waals surface area contributed by atoms with Crippen LogP contribution >= 0.6 is 0 Å². The number of rotatable bonds is 15. The van der Waals surface area contributed by atoms with E-state index in [1.807, 2.05) is 24.3 Å². The maximum atomic E-state index is 12.3. The van der Waals surface area contributed by atoms with Crippen LogP contribution in [0.4, 0.5) is 0 Å². The third-order valence-corrected chi connectivity index (χ3v) is 4.73. The lowest BCUT2D eigenvalue weighted by atomic mass is 10.0. The van der Waals surface area contributed by atoms with Gasteiger partial charge < -0.3 is 19.5 Å². The normalized spacial score (nSPS) is 12.2. The molecule has 1 amide bonds. The molecule has 1 aromatic rings. The first-order chi connectivity index (χ1) is 15.1. The molecular formula is C25H39NO6. The van der Waals surface area contributed by atoms with Crippen molar-refractivity contribution in [2.75, 3.05) is 20.3 Å². The number of carbonyl (C=O) groups is 3. The first kappa shape index (κ1) is 27.6. The first-order valence-corrected chi connectivity index (χ1v) is 11.4. The lowest BCUT2D eigenvalue weighted by Crippen LogP contribution is -2.42. The predicted octanol–water partition coefficient (Wildman–Crippen LogP) is 4.01. The minimum atomic E-state index is -0.587. The van der Waals surface area contributed by atoms with E-state index in [0.717, 1.165) is 31.4 Å². The standard InChI is InChI=1S/C25H39NO6/c1-6-7-11-20(17-31-18-23(28)32-25(2,3)4)26-24(29)22(27)12-9-8-10-19-13-15-21(30-5)16-14-19/h13-16,20H,6-12,17-18H2,1-5H3,(H,26,29)/t20-/m0/s1. The van der Waals surface area contributed by atoms with Crippen LogP contribution in [0.15, 0.2) is 24.3 Å². The molecule has 1 N–H and O–H groups in total. The van der Waals surface area contributed by atoms with Crippen molar-refractivity contribution in [3.8, 4) is 5.75 Å². The fourth-order valence-corrected chi connectivity index (χ4v) is 3.09. The van der Waals surface area contributed by atoms with Crippen LogP contribution in [0.1, 0.15) is 71.8 Å². The number of ether oxygens (including phenoxy) is 3. The number of aryl methyl sites for hydroxylation is 1. The number of Topliss-reactive ketones (excluding diaryl/α,β-unsaturated/α-hetero) is 1. The van der Waals surface area contributed by atoms with E-state index in [9.17, 15) is 14.4 Å². The van der Waals surface area contributed by atoms with E-state index in [2.05, 4.69) is 12.2 Å². The van der Waals surface area contributed by atoms with Gasteiger partial charge in [0.15, 0.2) is 0 Å². The topological polar surface area (TPSA) is 90.9 Å². The smallest absolute Gasteiger partial charge is 0.332 e. The molecule has 0 bridgehead atoms. The van der Waals surface area contributed by atoms with Crippen LogP contribution in [-0.4, -0.2) is 49.6 Å². The largest absolute Gasteiger partial charge is 0.497 e. The molecule has 0 saturated carbocycles. The van der Waals surface area contributed by atoms with Gasteiger partial charge in [0.05, 0.1) is 19.8 Å². The van der Waals surface area contributed by atoms with Crippen LogP contribution in [0.2, 0.25) is 0 Å². The van der Waals surface area contributed by atoms with Crippen molar-refractivity contribution in [2.45, 2.75) is 84.3 Å². The number of carbonyl (C=O) groups excluding carboxylic acids is 3. The van der Waals surface area contributed by atoms with Gasteiger partial charge in [-0.3, -0.25) is 9.59 Å². The van der Waals surface area contributed by atoms with Gasteiger partial charge in [-0.05, 0) is 64.2 Å². The van der Waals surface area contributed by atoms with Gasteiger partial charge in [0, 0.05) is 6.42 Å². The van der Waals surface area contributed by atoms with Crippen molar-refractivity contribution < 1.29 is 28.6 Å². The molecule has 1 rings (SSSR count). The van der Waals surface area contributed by atoms with Gasteiger partial charge in [-0.1, -0.05) is 31.9 Å². The number of unbranched alkanes of at least 4 members (excludes halogenated alkanes) is 2. The summed E-state index contributed by atoms with van der Waals surface area (Å²) in [7, 11) is 1.63. The van der Waals surface area contributed by atoms with E-state index in [1.165, 1.54) is 5.56 Å². The zero-order valence-electron chi connectivity index (χ0n) is 20.2. The second-order valence-corrected chi connectivity index (χ2v) is 8.89. The lowest BCUT2D eigenvalue weighted by Gasteiger charge is -2.21. The summed E-state index contributed by atoms with van der Waals surface area (Å²) in [5, 5.41) is 2.77. The van der Waals surface area contributed by atoms with Crippen LogP contribution < -0.4 is 10.1 Å². The molecule has 7 nitrogen and oxygen atoms in total. The van der Waals surface area contributed by atoms with E-state index >= 15 is 0 Å². The Morgan fingerprint density at radius 2 is 1.72 bits per heavy atom. The summed E-state index contributed by atoms with van der Waals surface area (Å²) in [5.41, 5.74) is 0.597. The summed E-state index contributed by atoms with van der Waals surface area (Å²) in [6, 6.07) is 7.52. The summed E-state index contributed by atoms with van der Waals surface area (Å²) in [6.45, 7) is 7.40. The second-order valence-electron chi connectivity index (χ2n) is 8.89. The fourth-order valence-electron chi connectivity index (χ4n) is 3.09. The molecule has 32 heavy (non-hydrogen) atoms. The van der Waals surface area contributed by atoms with Crippen molar-refractivity contribution in [3.05, 3.63) is 29.8 Å². The van der Waals surface area contributed by atoms with Crippen molar-refractivity contribution in [1.29, 1.82) is 0 Å². The highest BCUT2D eigenvalue weighted by molar-refractivity contribution is 6.36. The summed E-state index contributed by atoms with van der Waals surface area (Å²) < 4.78 is 15.8. The van der Waals surface area contributed by atoms with E-state index in [-0.39, 0.29) is 25.7 Å². The molecule has 7 heteroatoms. The molecule has 0 fully saturated rings. The second kappa shape index (κ2) is 14.6. The van der Waals surface area contributed by atoms with Crippen molar-refractivity contribution in [2.24, 2.45) is 0 Å². The van der Waals surface area contributed by atoms with Gasteiger partial charge in [0.25, 0.3) is 5.91 Å². The Labute approximate surface area is 192 Å². The number of nitrogens with one attached hydrogen (secondary N) is 1. The Hall–Kier alpha value is -2.41. The summed E-state index contributed by atoms with van der Waals surface area (Å²) in [4.78, 5) is 36.3. The Morgan fingerprint density at radius 1 is 1.03 bits per heavy atom. The molecule has 0 heterocycles. The van der Waals surface area contributed by atoms with Gasteiger partial charge in [0.1, 0.15) is 18.0 Å². The van der Waals surface area contributed by atoms with Gasteiger partial charge in [-0.15, -0.1) is 0 Å². The Morgan fingerprint density at radius 3 is 2.31 bits per heavy atom. The van der Waals surface area contributed by atoms with Crippen LogP contribution in [0, 0.1) is 0 Å². The highest BCUT2D eigenvalue weighted by Crippen LogP contribution is 2.14. The highest BCUT2D eigenvalue weighted by Gasteiger charge is 2.20. The fraction of sp³-hybridized carbons (Fsp3) is 0.640. The third-order valence-electron chi connectivity index (χ3n) is 4.73. The first-order valence-electron chi connectivity index (χ1n) is 11.4. The minimum Gasteiger partial charge on any atom is -0.497 e. The van der Waals surface area contributed by atoms with Crippen LogP contribution in [-0.2, 0) is 30.3 Å². The third kappa shape index (κ3) is 12.4. The zero-order chi connectivity index (χ0) is 24.0. The number of methoxy groups -OCH3 is 1. The molecule has 0 aliphatic rings. The van der Waals surface area contributed by atoms with Gasteiger partial charge >= 0.3 is 5.97 Å². The molecule has 1 aromatic carbocycles. The van der Waals surface area contributed by atoms with Crippen molar-refractivity contribution in [1.82, 2.24) is 5.32 Å². The van der Waals surface area contributed by atoms with Crippen molar-refractivity contribution in [3.63, 3.8) is 0 Å². The Bertz CT molecular complexity index is 708. The molecule has 0 spiro atoms. The molecule has 0 saturated heterocycles. The SMILES string of the molecule is CCCC[C@@H](COCC(=O)OC(C)(C)C)NC(=O)C(=O)CCCCc1ccc(OC)cc1. The number of esters is 1. The summed E-state index contributed by atoms with van der Waals surface area (Å²) >= 11 is 0. The van der Waals surface area contributed by atoms with Crippen LogP contribution in [0.3, 0.4) is 0 Å². The van der Waals surface area contributed by atoms with Crippen LogP contribution in [0.5, 0.6) is 5.75 Å². The predicted molar refractivity (Wildman–Crippen MR) is 124 cm³/mol.